The number of nitrogens with zero attached hydrogens (tertiary/aromatic N) is 3. The SMILES string of the molecule is Cc1cc(NC(=O)CSCC(=O)N2CCC(C(=O)N3CCOCC3)CC2)no1. The highest BCUT2D eigenvalue weighted by Crippen LogP contribution is 2.21. The predicted molar refractivity (Wildman–Crippen MR) is 104 cm³/mol. The second-order valence-electron chi connectivity index (χ2n) is 6.96. The van der Waals surface area contributed by atoms with Crippen LogP contribution in [-0.2, 0) is 19.1 Å². The van der Waals surface area contributed by atoms with Crippen molar-refractivity contribution >= 4 is 35.3 Å². The summed E-state index contributed by atoms with van der Waals surface area (Å²) in [5, 5.41) is 6.32. The molecule has 2 aliphatic rings. The molecule has 1 N–H and O–H groups in total. The van der Waals surface area contributed by atoms with Crippen LogP contribution in [0.4, 0.5) is 5.82 Å². The topological polar surface area (TPSA) is 105 Å². The number of aryl methyl sites for hydroxylation is 1. The summed E-state index contributed by atoms with van der Waals surface area (Å²) in [6, 6.07) is 1.63. The molecule has 1 aromatic heterocycles. The van der Waals surface area contributed by atoms with E-state index in [2.05, 4.69) is 10.5 Å². The van der Waals surface area contributed by atoms with Crippen molar-refractivity contribution in [2.24, 2.45) is 5.92 Å². The van der Waals surface area contributed by atoms with E-state index in [1.807, 2.05) is 4.90 Å². The minimum atomic E-state index is -0.221. The lowest BCUT2D eigenvalue weighted by Crippen LogP contribution is -2.48. The zero-order valence-electron chi connectivity index (χ0n) is 16.0. The molecule has 1 aromatic rings. The minimum Gasteiger partial charge on any atom is -0.378 e. The zero-order valence-corrected chi connectivity index (χ0v) is 16.8. The average Bonchev–Trinajstić information content (AvgIpc) is 3.12. The zero-order chi connectivity index (χ0) is 19.9. The quantitative estimate of drug-likeness (QED) is 0.738. The Labute approximate surface area is 168 Å². The van der Waals surface area contributed by atoms with Crippen LogP contribution < -0.4 is 5.32 Å². The lowest BCUT2D eigenvalue weighted by Gasteiger charge is -2.35. The molecule has 9 nitrogen and oxygen atoms in total. The highest BCUT2D eigenvalue weighted by atomic mass is 32.2. The van der Waals surface area contributed by atoms with E-state index in [9.17, 15) is 14.4 Å². The molecule has 3 heterocycles. The molecule has 154 valence electrons. The Hall–Kier alpha value is -2.07. The van der Waals surface area contributed by atoms with Crippen LogP contribution >= 0.6 is 11.8 Å². The lowest BCUT2D eigenvalue weighted by atomic mass is 9.95. The number of carbonyl (C=O) groups excluding carboxylic acids is 3. The third-order valence-electron chi connectivity index (χ3n) is 4.87. The summed E-state index contributed by atoms with van der Waals surface area (Å²) in [7, 11) is 0. The number of hydrogen-bond donors (Lipinski definition) is 1. The number of carbonyl (C=O) groups is 3. The molecule has 0 aliphatic carbocycles. The Bertz CT molecular complexity index is 696. The molecule has 0 saturated carbocycles. The second-order valence-corrected chi connectivity index (χ2v) is 7.94. The van der Waals surface area contributed by atoms with Gasteiger partial charge in [-0.25, -0.2) is 0 Å². The largest absolute Gasteiger partial charge is 0.378 e. The third kappa shape index (κ3) is 5.71. The van der Waals surface area contributed by atoms with E-state index in [1.54, 1.807) is 17.9 Å². The molecule has 2 fully saturated rings. The van der Waals surface area contributed by atoms with Gasteiger partial charge in [0.1, 0.15) is 5.76 Å². The maximum Gasteiger partial charge on any atom is 0.235 e. The van der Waals surface area contributed by atoms with Crippen molar-refractivity contribution in [1.29, 1.82) is 0 Å². The number of rotatable bonds is 6. The smallest absolute Gasteiger partial charge is 0.235 e. The first-order chi connectivity index (χ1) is 13.5. The summed E-state index contributed by atoms with van der Waals surface area (Å²) < 4.78 is 10.2. The van der Waals surface area contributed by atoms with Gasteiger partial charge in [-0.1, -0.05) is 5.16 Å². The number of amides is 3. The molecular formula is C18H26N4O5S. The van der Waals surface area contributed by atoms with Crippen LogP contribution in [-0.4, -0.2) is 83.6 Å². The van der Waals surface area contributed by atoms with E-state index >= 15 is 0 Å². The lowest BCUT2D eigenvalue weighted by molar-refractivity contribution is -0.143. The van der Waals surface area contributed by atoms with E-state index < -0.39 is 0 Å². The molecule has 0 atom stereocenters. The number of piperidine rings is 1. The van der Waals surface area contributed by atoms with Gasteiger partial charge < -0.3 is 24.4 Å². The molecule has 0 bridgehead atoms. The van der Waals surface area contributed by atoms with Crippen molar-refractivity contribution in [3.05, 3.63) is 11.8 Å². The Morgan fingerprint density at radius 2 is 1.86 bits per heavy atom. The summed E-state index contributed by atoms with van der Waals surface area (Å²) >= 11 is 1.27. The summed E-state index contributed by atoms with van der Waals surface area (Å²) in [4.78, 5) is 40.4. The highest BCUT2D eigenvalue weighted by Gasteiger charge is 2.30. The van der Waals surface area contributed by atoms with Gasteiger partial charge in [0.2, 0.25) is 17.7 Å². The van der Waals surface area contributed by atoms with Gasteiger partial charge in [0.15, 0.2) is 5.82 Å². The molecule has 0 radical (unpaired) electrons. The number of thioether (sulfide) groups is 1. The summed E-state index contributed by atoms with van der Waals surface area (Å²) in [5.74, 6) is 1.37. The number of ether oxygens (including phenoxy) is 1. The number of likely N-dealkylation sites (tertiary alicyclic amines) is 1. The van der Waals surface area contributed by atoms with Crippen LogP contribution in [0.5, 0.6) is 0 Å². The number of hydrogen-bond acceptors (Lipinski definition) is 7. The average molecular weight is 410 g/mol. The third-order valence-corrected chi connectivity index (χ3v) is 5.79. The number of morpholine rings is 1. The minimum absolute atomic E-state index is 0.00681. The molecule has 3 rings (SSSR count). The van der Waals surface area contributed by atoms with Gasteiger partial charge >= 0.3 is 0 Å². The van der Waals surface area contributed by atoms with Gasteiger partial charge in [-0.3, -0.25) is 14.4 Å². The number of aromatic nitrogens is 1. The highest BCUT2D eigenvalue weighted by molar-refractivity contribution is 8.00. The van der Waals surface area contributed by atoms with Gasteiger partial charge in [-0.15, -0.1) is 11.8 Å². The van der Waals surface area contributed by atoms with Gasteiger partial charge in [-0.05, 0) is 19.8 Å². The first-order valence-electron chi connectivity index (χ1n) is 9.48. The van der Waals surface area contributed by atoms with Gasteiger partial charge in [-0.2, -0.15) is 0 Å². The fraction of sp³-hybridized carbons (Fsp3) is 0.667. The van der Waals surface area contributed by atoms with Crippen molar-refractivity contribution in [2.45, 2.75) is 19.8 Å². The molecule has 28 heavy (non-hydrogen) atoms. The van der Waals surface area contributed by atoms with Crippen LogP contribution in [0.3, 0.4) is 0 Å². The Balaban J connectivity index is 1.33. The Kier molecular flexibility index (Phi) is 7.32. The van der Waals surface area contributed by atoms with Gasteiger partial charge in [0.25, 0.3) is 0 Å². The fourth-order valence-corrected chi connectivity index (χ4v) is 4.06. The molecule has 2 saturated heterocycles. The first kappa shape index (κ1) is 20.7. The van der Waals surface area contributed by atoms with E-state index in [4.69, 9.17) is 9.26 Å². The van der Waals surface area contributed by atoms with Crippen LogP contribution in [0.25, 0.3) is 0 Å². The van der Waals surface area contributed by atoms with Gasteiger partial charge in [0.05, 0.1) is 24.7 Å². The van der Waals surface area contributed by atoms with Crippen molar-refractivity contribution in [3.8, 4) is 0 Å². The van der Waals surface area contributed by atoms with Crippen molar-refractivity contribution in [1.82, 2.24) is 15.0 Å². The molecule has 0 spiro atoms. The molecular weight excluding hydrogens is 384 g/mol. The maximum atomic E-state index is 12.5. The van der Waals surface area contributed by atoms with Crippen LogP contribution in [0.1, 0.15) is 18.6 Å². The van der Waals surface area contributed by atoms with Crippen LogP contribution in [0.15, 0.2) is 10.6 Å². The molecule has 0 unspecified atom stereocenters. The Morgan fingerprint density at radius 3 is 2.50 bits per heavy atom. The maximum absolute atomic E-state index is 12.5. The standard InChI is InChI=1S/C18H26N4O5S/c1-13-10-15(20-27-13)19-16(23)11-28-12-17(24)21-4-2-14(3-5-21)18(25)22-6-8-26-9-7-22/h10,14H,2-9,11-12H2,1H3,(H,19,20,23). The Morgan fingerprint density at radius 1 is 1.14 bits per heavy atom. The van der Waals surface area contributed by atoms with Crippen molar-refractivity contribution in [2.75, 3.05) is 56.2 Å². The van der Waals surface area contributed by atoms with E-state index in [0.29, 0.717) is 63.8 Å². The summed E-state index contributed by atoms with van der Waals surface area (Å²) in [6.07, 6.45) is 1.39. The normalized spacial score (nSPS) is 18.2. The van der Waals surface area contributed by atoms with Crippen LogP contribution in [0.2, 0.25) is 0 Å². The first-order valence-corrected chi connectivity index (χ1v) is 10.6. The fourth-order valence-electron chi connectivity index (χ4n) is 3.34. The van der Waals surface area contributed by atoms with Crippen molar-refractivity contribution < 1.29 is 23.6 Å². The monoisotopic (exact) mass is 410 g/mol. The van der Waals surface area contributed by atoms with E-state index in [-0.39, 0.29) is 35.1 Å². The predicted octanol–water partition coefficient (Wildman–Crippen LogP) is 0.752. The van der Waals surface area contributed by atoms with Gasteiger partial charge in [0, 0.05) is 38.2 Å². The van der Waals surface area contributed by atoms with E-state index in [1.165, 1.54) is 11.8 Å². The molecule has 10 heteroatoms. The summed E-state index contributed by atoms with van der Waals surface area (Å²) in [5.41, 5.74) is 0. The second kappa shape index (κ2) is 9.92. The van der Waals surface area contributed by atoms with Crippen molar-refractivity contribution in [3.63, 3.8) is 0 Å². The molecule has 3 amide bonds. The molecule has 0 aromatic carbocycles. The summed E-state index contributed by atoms with van der Waals surface area (Å²) in [6.45, 7) is 5.44. The number of nitrogens with one attached hydrogen (secondary N) is 1. The van der Waals surface area contributed by atoms with Crippen LogP contribution in [0, 0.1) is 12.8 Å². The van der Waals surface area contributed by atoms with E-state index in [0.717, 1.165) is 0 Å². The number of anilines is 1. The molecule has 2 aliphatic heterocycles.